The molecular formula is C21H22F2O3S. The summed E-state index contributed by atoms with van der Waals surface area (Å²) in [4.78, 5) is 11.7. The van der Waals surface area contributed by atoms with Crippen molar-refractivity contribution < 1.29 is 23.4 Å². The number of hydrogen-bond donors (Lipinski definition) is 1. The zero-order chi connectivity index (χ0) is 19.6. The van der Waals surface area contributed by atoms with E-state index in [4.69, 9.17) is 9.84 Å². The minimum absolute atomic E-state index is 0.0760. The first kappa shape index (κ1) is 19.5. The van der Waals surface area contributed by atoms with Gasteiger partial charge in [0.2, 0.25) is 0 Å². The van der Waals surface area contributed by atoms with Crippen LogP contribution in [0.25, 0.3) is 5.57 Å². The van der Waals surface area contributed by atoms with Crippen molar-refractivity contribution in [3.63, 3.8) is 0 Å². The number of aryl methyl sites for hydroxylation is 1. The summed E-state index contributed by atoms with van der Waals surface area (Å²) in [5, 5.41) is 10.7. The summed E-state index contributed by atoms with van der Waals surface area (Å²) in [6.07, 6.45) is 0.0299. The fourth-order valence-electron chi connectivity index (χ4n) is 3.40. The van der Waals surface area contributed by atoms with Crippen LogP contribution in [0.1, 0.15) is 40.8 Å². The number of halogens is 2. The smallest absolute Gasteiger partial charge is 0.303 e. The van der Waals surface area contributed by atoms with E-state index < -0.39 is 11.9 Å². The normalized spacial score (nSPS) is 16.0. The highest BCUT2D eigenvalue weighted by atomic mass is 32.1. The number of rotatable bonds is 7. The number of alkyl halides is 2. The highest BCUT2D eigenvalue weighted by molar-refractivity contribution is 7.11. The van der Waals surface area contributed by atoms with E-state index in [1.165, 1.54) is 11.3 Å². The maximum Gasteiger partial charge on any atom is 0.303 e. The molecule has 0 amide bonds. The molecule has 6 heteroatoms. The second-order valence-corrected chi connectivity index (χ2v) is 7.87. The Balaban J connectivity index is 1.76. The first-order chi connectivity index (χ1) is 12.8. The van der Waals surface area contributed by atoms with E-state index in [2.05, 4.69) is 0 Å². The lowest BCUT2D eigenvalue weighted by molar-refractivity contribution is -0.136. The van der Waals surface area contributed by atoms with Gasteiger partial charge < -0.3 is 9.84 Å². The number of ether oxygens (including phenoxy) is 1. The van der Waals surface area contributed by atoms with Crippen LogP contribution in [0.3, 0.4) is 0 Å². The maximum absolute atomic E-state index is 14.0. The summed E-state index contributed by atoms with van der Waals surface area (Å²) in [6.45, 7) is 3.98. The molecule has 0 radical (unpaired) electrons. The van der Waals surface area contributed by atoms with Crippen LogP contribution in [0.15, 0.2) is 35.2 Å². The molecule has 0 atom stereocenters. The number of benzene rings is 1. The molecule has 0 saturated heterocycles. The van der Waals surface area contributed by atoms with Gasteiger partial charge in [0, 0.05) is 24.1 Å². The SMILES string of the molecule is Cc1c(CCC(=O)O)ccc(OCC2=C(c3cccs3)CC(F)(F)C2)c1C. The van der Waals surface area contributed by atoms with Crippen molar-refractivity contribution in [2.75, 3.05) is 6.61 Å². The van der Waals surface area contributed by atoms with Gasteiger partial charge in [-0.25, -0.2) is 8.78 Å². The van der Waals surface area contributed by atoms with Gasteiger partial charge in [0.15, 0.2) is 0 Å². The molecule has 0 saturated carbocycles. The van der Waals surface area contributed by atoms with Crippen molar-refractivity contribution in [1.29, 1.82) is 0 Å². The monoisotopic (exact) mass is 392 g/mol. The second kappa shape index (κ2) is 7.80. The van der Waals surface area contributed by atoms with Crippen molar-refractivity contribution in [2.45, 2.75) is 45.5 Å². The molecule has 0 spiro atoms. The van der Waals surface area contributed by atoms with E-state index in [0.717, 1.165) is 21.6 Å². The molecule has 1 heterocycles. The summed E-state index contributed by atoms with van der Waals surface area (Å²) >= 11 is 1.47. The standard InChI is InChI=1S/C21H22F2O3S/c1-13-14(2)18(7-5-15(13)6-8-20(24)25)26-12-16-10-21(22,23)11-17(16)19-4-3-9-27-19/h3-5,7,9H,6,8,10-12H2,1-2H3,(H,24,25). The molecule has 2 aromatic rings. The fraction of sp³-hybridized carbons (Fsp3) is 0.381. The maximum atomic E-state index is 14.0. The van der Waals surface area contributed by atoms with Crippen LogP contribution < -0.4 is 4.74 Å². The lowest BCUT2D eigenvalue weighted by Crippen LogP contribution is -2.12. The average Bonchev–Trinajstić information content (AvgIpc) is 3.22. The molecular weight excluding hydrogens is 370 g/mol. The van der Waals surface area contributed by atoms with Crippen molar-refractivity contribution in [1.82, 2.24) is 0 Å². The van der Waals surface area contributed by atoms with Gasteiger partial charge in [0.1, 0.15) is 12.4 Å². The number of carboxylic acids is 1. The Hall–Kier alpha value is -2.21. The van der Waals surface area contributed by atoms with Crippen LogP contribution in [0, 0.1) is 13.8 Å². The first-order valence-corrected chi connectivity index (χ1v) is 9.71. The highest BCUT2D eigenvalue weighted by Crippen LogP contribution is 2.45. The molecule has 3 rings (SSSR count). The molecule has 0 bridgehead atoms. The topological polar surface area (TPSA) is 46.5 Å². The molecule has 1 aliphatic rings. The molecule has 1 N–H and O–H groups in total. The molecule has 0 aliphatic heterocycles. The Labute approximate surface area is 161 Å². The number of thiophene rings is 1. The summed E-state index contributed by atoms with van der Waals surface area (Å²) in [7, 11) is 0. The predicted octanol–water partition coefficient (Wildman–Crippen LogP) is 5.64. The lowest BCUT2D eigenvalue weighted by Gasteiger charge is -2.15. The number of hydrogen-bond acceptors (Lipinski definition) is 3. The van der Waals surface area contributed by atoms with E-state index in [1.54, 1.807) is 6.07 Å². The Morgan fingerprint density at radius 1 is 1.22 bits per heavy atom. The minimum Gasteiger partial charge on any atom is -0.489 e. The van der Waals surface area contributed by atoms with Crippen molar-refractivity contribution in [2.24, 2.45) is 0 Å². The van der Waals surface area contributed by atoms with Crippen molar-refractivity contribution >= 4 is 22.9 Å². The molecule has 1 aliphatic carbocycles. The zero-order valence-electron chi connectivity index (χ0n) is 15.4. The predicted molar refractivity (Wildman–Crippen MR) is 103 cm³/mol. The van der Waals surface area contributed by atoms with Gasteiger partial charge in [-0.3, -0.25) is 4.79 Å². The van der Waals surface area contributed by atoms with E-state index in [-0.39, 0.29) is 25.9 Å². The quantitative estimate of drug-likeness (QED) is 0.663. The summed E-state index contributed by atoms with van der Waals surface area (Å²) in [5.74, 6) is -2.90. The third-order valence-corrected chi connectivity index (χ3v) is 5.94. The minimum atomic E-state index is -2.72. The highest BCUT2D eigenvalue weighted by Gasteiger charge is 2.40. The number of allylic oxidation sites excluding steroid dienone is 1. The lowest BCUT2D eigenvalue weighted by atomic mass is 9.99. The first-order valence-electron chi connectivity index (χ1n) is 8.83. The molecule has 0 unspecified atom stereocenters. The van der Waals surface area contributed by atoms with Gasteiger partial charge in [0.25, 0.3) is 5.92 Å². The number of aliphatic carboxylic acids is 1. The van der Waals surface area contributed by atoms with Gasteiger partial charge in [-0.2, -0.15) is 0 Å². The van der Waals surface area contributed by atoms with Crippen LogP contribution in [0.4, 0.5) is 8.78 Å². The van der Waals surface area contributed by atoms with E-state index >= 15 is 0 Å². The van der Waals surface area contributed by atoms with Crippen molar-refractivity contribution in [3.8, 4) is 5.75 Å². The number of carbonyl (C=O) groups is 1. The van der Waals surface area contributed by atoms with Crippen LogP contribution in [-0.2, 0) is 11.2 Å². The third-order valence-electron chi connectivity index (χ3n) is 5.01. The summed E-state index contributed by atoms with van der Waals surface area (Å²) < 4.78 is 33.8. The Kier molecular flexibility index (Phi) is 5.65. The van der Waals surface area contributed by atoms with Gasteiger partial charge in [0.05, 0.1) is 0 Å². The van der Waals surface area contributed by atoms with Crippen molar-refractivity contribution in [3.05, 3.63) is 56.8 Å². The summed E-state index contributed by atoms with van der Waals surface area (Å²) in [6, 6.07) is 7.40. The second-order valence-electron chi connectivity index (χ2n) is 6.92. The Morgan fingerprint density at radius 3 is 2.67 bits per heavy atom. The van der Waals surface area contributed by atoms with Gasteiger partial charge >= 0.3 is 5.97 Å². The van der Waals surface area contributed by atoms with E-state index in [9.17, 15) is 13.6 Å². The average molecular weight is 392 g/mol. The largest absolute Gasteiger partial charge is 0.489 e. The van der Waals surface area contributed by atoms with Crippen LogP contribution >= 0.6 is 11.3 Å². The van der Waals surface area contributed by atoms with Gasteiger partial charge in [-0.15, -0.1) is 11.3 Å². The van der Waals surface area contributed by atoms with Crippen LogP contribution in [-0.4, -0.2) is 23.6 Å². The third kappa shape index (κ3) is 4.56. The van der Waals surface area contributed by atoms with Crippen LogP contribution in [0.2, 0.25) is 0 Å². The van der Waals surface area contributed by atoms with E-state index in [1.807, 2.05) is 37.4 Å². The molecule has 27 heavy (non-hydrogen) atoms. The fourth-order valence-corrected chi connectivity index (χ4v) is 4.22. The Bertz CT molecular complexity index is 870. The summed E-state index contributed by atoms with van der Waals surface area (Å²) in [5.41, 5.74) is 4.21. The molecule has 1 aromatic carbocycles. The van der Waals surface area contributed by atoms with E-state index in [0.29, 0.717) is 23.3 Å². The molecule has 3 nitrogen and oxygen atoms in total. The zero-order valence-corrected chi connectivity index (χ0v) is 16.2. The van der Waals surface area contributed by atoms with Crippen LogP contribution in [0.5, 0.6) is 5.75 Å². The van der Waals surface area contributed by atoms with Gasteiger partial charge in [-0.05, 0) is 65.6 Å². The molecule has 1 aromatic heterocycles. The Morgan fingerprint density at radius 2 is 2.00 bits per heavy atom. The number of carboxylic acid groups (broad SMARTS) is 1. The van der Waals surface area contributed by atoms with Gasteiger partial charge in [-0.1, -0.05) is 12.1 Å². The molecule has 0 fully saturated rings. The molecule has 144 valence electrons.